The lowest BCUT2D eigenvalue weighted by molar-refractivity contribution is -0.387. The minimum Gasteiger partial charge on any atom is -0.496 e. The molecule has 0 aliphatic rings. The van der Waals surface area contributed by atoms with E-state index >= 15 is 0 Å². The molecule has 0 unspecified atom stereocenters. The second-order valence-electron chi connectivity index (χ2n) is 22.5. The number of para-hydroxylation sites is 6. The average molecular weight is 1410 g/mol. The summed E-state index contributed by atoms with van der Waals surface area (Å²) in [4.78, 5) is 108. The fourth-order valence-corrected chi connectivity index (χ4v) is 10.2. The van der Waals surface area contributed by atoms with Gasteiger partial charge in [-0.1, -0.05) is 49.7 Å². The normalized spacial score (nSPS) is 10.8. The van der Waals surface area contributed by atoms with Gasteiger partial charge in [0.2, 0.25) is 16.9 Å². The van der Waals surface area contributed by atoms with Crippen molar-refractivity contribution in [3.63, 3.8) is 0 Å². The summed E-state index contributed by atoms with van der Waals surface area (Å²) in [6, 6.07) is 33.8. The standard InChI is InChI=1S/C24H27N7O4.C19H14FN5O4.C11H7ClN4O.C7H7FN2O3.C6H15N/c1-28(2)11-12-29(3)19-15-21(35-4)16(13-20(19)31(33)34)14-22-25-10-9-23(27-22)30-18-8-6-5-7-17(18)26-24(30)32;1-29-16-10-12(20)15(25(27)28)8-11(16)9-17-21-7-6-18(23-17)24-14-5-3-2-4-13(14)22-19(24)26;12-10-13-6-5-9(15-10)16-8-4-2-1-3-7(8)14-11(16)17;1-13-7-2-4(8)6(10(11)12)3-5(7)9;1-4-5-6-7(2)3/h5-10,13,15H,11-12,14H2,1-4H3,(H,26,32);2-8,10H,9H2,1H3,(H,22,26);1-6H,(H,14,17);2-3H,9H2,1H3;4-6H2,1-3H3. The summed E-state index contributed by atoms with van der Waals surface area (Å²) in [5.41, 5.74) is 8.74. The topological polar surface area (TPSA) is 384 Å². The number of imidazole rings is 3. The molecule has 34 heteroatoms. The first-order chi connectivity index (χ1) is 48.3. The molecule has 0 radical (unpaired) electrons. The number of unbranched alkanes of at least 4 members (excludes halogenated alkanes) is 1. The van der Waals surface area contributed by atoms with E-state index < -0.39 is 37.8 Å². The van der Waals surface area contributed by atoms with E-state index in [1.807, 2.05) is 85.5 Å². The Morgan fingerprint density at radius 2 is 0.901 bits per heavy atom. The quantitative estimate of drug-likeness (QED) is 0.0238. The highest BCUT2D eigenvalue weighted by molar-refractivity contribution is 6.28. The molecule has 12 rings (SSSR count). The van der Waals surface area contributed by atoms with Gasteiger partial charge in [-0.25, -0.2) is 53.0 Å². The molecule has 0 bridgehead atoms. The number of nitrogens with two attached hydrogens (primary N) is 1. The molecule has 0 saturated carbocycles. The zero-order chi connectivity index (χ0) is 73.2. The van der Waals surface area contributed by atoms with E-state index in [0.29, 0.717) is 80.3 Å². The smallest absolute Gasteiger partial charge is 0.332 e. The fraction of sp³-hybridized carbons (Fsp3) is 0.239. The number of H-pyrrole nitrogens is 3. The third-order valence-electron chi connectivity index (χ3n) is 15.0. The molecule has 6 heterocycles. The molecule has 12 aromatic rings. The van der Waals surface area contributed by atoms with Crippen LogP contribution in [0.15, 0.2) is 160 Å². The molecule has 0 aliphatic carbocycles. The van der Waals surface area contributed by atoms with Gasteiger partial charge in [0.25, 0.3) is 5.69 Å². The molecule has 0 fully saturated rings. The highest BCUT2D eigenvalue weighted by Gasteiger charge is 2.25. The number of anilines is 2. The number of aromatic amines is 3. The molecule has 0 aliphatic heterocycles. The first kappa shape index (κ1) is 74.4. The molecule has 31 nitrogen and oxygen atoms in total. The van der Waals surface area contributed by atoms with Gasteiger partial charge < -0.3 is 49.6 Å². The first-order valence-electron chi connectivity index (χ1n) is 30.7. The van der Waals surface area contributed by atoms with Gasteiger partial charge in [-0.2, -0.15) is 13.8 Å². The van der Waals surface area contributed by atoms with E-state index in [1.54, 1.807) is 48.7 Å². The monoisotopic (exact) mass is 1410 g/mol. The van der Waals surface area contributed by atoms with Crippen molar-refractivity contribution in [3.05, 3.63) is 247 Å². The lowest BCUT2D eigenvalue weighted by Gasteiger charge is -2.22. The number of nitro groups is 3. The summed E-state index contributed by atoms with van der Waals surface area (Å²) in [6.45, 7) is 4.80. The predicted octanol–water partition coefficient (Wildman–Crippen LogP) is 9.80. The van der Waals surface area contributed by atoms with Crippen LogP contribution in [0.1, 0.15) is 42.5 Å². The summed E-state index contributed by atoms with van der Waals surface area (Å²) >= 11 is 5.72. The Morgan fingerprint density at radius 1 is 0.515 bits per heavy atom. The number of hydrogen-bond acceptors (Lipinski definition) is 22. The third-order valence-corrected chi connectivity index (χ3v) is 15.2. The molecule has 0 amide bonds. The molecule has 0 spiro atoms. The highest BCUT2D eigenvalue weighted by Crippen LogP contribution is 2.36. The minimum absolute atomic E-state index is 0.0222. The summed E-state index contributed by atoms with van der Waals surface area (Å²) in [6.07, 6.45) is 7.43. The van der Waals surface area contributed by atoms with Gasteiger partial charge in [-0.3, -0.25) is 30.3 Å². The third kappa shape index (κ3) is 18.7. The maximum absolute atomic E-state index is 13.9. The van der Waals surface area contributed by atoms with Crippen molar-refractivity contribution in [2.45, 2.75) is 32.6 Å². The van der Waals surface area contributed by atoms with E-state index in [9.17, 15) is 53.5 Å². The van der Waals surface area contributed by atoms with Gasteiger partial charge in [0.1, 0.15) is 52.0 Å². The Kier molecular flexibility index (Phi) is 25.2. The maximum atomic E-state index is 13.9. The summed E-state index contributed by atoms with van der Waals surface area (Å²) in [7, 11) is 14.1. The van der Waals surface area contributed by atoms with Crippen molar-refractivity contribution in [2.75, 3.05) is 86.8 Å². The zero-order valence-corrected chi connectivity index (χ0v) is 56.9. The van der Waals surface area contributed by atoms with Crippen molar-refractivity contribution in [3.8, 4) is 34.7 Å². The van der Waals surface area contributed by atoms with E-state index in [2.05, 4.69) is 75.5 Å². The average Bonchev–Trinajstić information content (AvgIpc) is 1.69. The van der Waals surface area contributed by atoms with Crippen LogP contribution in [0.2, 0.25) is 5.28 Å². The maximum Gasteiger partial charge on any atom is 0.332 e. The number of ether oxygens (including phenoxy) is 3. The van der Waals surface area contributed by atoms with Gasteiger partial charge >= 0.3 is 28.4 Å². The molecule has 5 N–H and O–H groups in total. The molecule has 6 aromatic heterocycles. The van der Waals surface area contributed by atoms with Gasteiger partial charge in [-0.05, 0) is 101 Å². The van der Waals surface area contributed by atoms with E-state index in [0.717, 1.165) is 41.8 Å². The van der Waals surface area contributed by atoms with Crippen LogP contribution in [0, 0.1) is 42.0 Å². The Hall–Kier alpha value is -12.4. The molecule has 0 atom stereocenters. The second kappa shape index (κ2) is 34.2. The van der Waals surface area contributed by atoms with Crippen molar-refractivity contribution in [2.24, 2.45) is 0 Å². The van der Waals surface area contributed by atoms with E-state index in [-0.39, 0.29) is 58.1 Å². The second-order valence-corrected chi connectivity index (χ2v) is 22.9. The number of rotatable bonds is 20. The van der Waals surface area contributed by atoms with Crippen LogP contribution in [0.25, 0.3) is 50.6 Å². The number of nitro benzene ring substituents is 3. The van der Waals surface area contributed by atoms with Crippen LogP contribution < -0.4 is 41.9 Å². The highest BCUT2D eigenvalue weighted by atomic mass is 35.5. The van der Waals surface area contributed by atoms with Crippen molar-refractivity contribution in [1.29, 1.82) is 0 Å². The van der Waals surface area contributed by atoms with Crippen molar-refractivity contribution in [1.82, 2.24) is 68.4 Å². The number of hydrogen-bond donors (Lipinski definition) is 4. The Balaban J connectivity index is 0.000000175. The minimum atomic E-state index is -0.990. The first-order valence-corrected chi connectivity index (χ1v) is 31.1. The molecule has 0 saturated heterocycles. The number of likely N-dealkylation sites (N-methyl/N-ethyl adjacent to an activating group) is 2. The summed E-state index contributed by atoms with van der Waals surface area (Å²) in [5.74, 6) is 0.674. The van der Waals surface area contributed by atoms with Gasteiger partial charge in [-0.15, -0.1) is 0 Å². The van der Waals surface area contributed by atoms with Gasteiger partial charge in [0, 0.05) is 105 Å². The summed E-state index contributed by atoms with van der Waals surface area (Å²) in [5, 5.41) is 33.3. The fourth-order valence-electron chi connectivity index (χ4n) is 10.1. The zero-order valence-electron chi connectivity index (χ0n) is 56.1. The molecule has 6 aromatic carbocycles. The molecular weight excluding hydrogens is 1340 g/mol. The van der Waals surface area contributed by atoms with E-state index in [4.69, 9.17) is 26.8 Å². The van der Waals surface area contributed by atoms with Crippen LogP contribution in [0.5, 0.6) is 17.2 Å². The van der Waals surface area contributed by atoms with Crippen molar-refractivity contribution >= 4 is 73.1 Å². The Labute approximate surface area is 578 Å². The number of halogens is 3. The lowest BCUT2D eigenvalue weighted by Crippen LogP contribution is -2.29. The number of nitrogens with one attached hydrogen (secondary N) is 3. The number of aromatic nitrogens is 12. The van der Waals surface area contributed by atoms with Crippen LogP contribution in [0.3, 0.4) is 0 Å². The molecule has 101 heavy (non-hydrogen) atoms. The molecular formula is C67H70ClF2N19O12. The Bertz CT molecular complexity index is 5120. The van der Waals surface area contributed by atoms with E-state index in [1.165, 1.54) is 72.9 Å². The number of fused-ring (bicyclic) bond motifs is 3. The summed E-state index contributed by atoms with van der Waals surface area (Å²) < 4.78 is 46.5. The largest absolute Gasteiger partial charge is 0.496 e. The van der Waals surface area contributed by atoms with Crippen LogP contribution >= 0.6 is 11.6 Å². The van der Waals surface area contributed by atoms with Crippen LogP contribution in [-0.4, -0.2) is 159 Å². The Morgan fingerprint density at radius 3 is 1.30 bits per heavy atom. The number of nitrogens with zero attached hydrogens (tertiary/aromatic N) is 15. The van der Waals surface area contributed by atoms with Gasteiger partial charge in [0.05, 0.1) is 74.9 Å². The number of benzene rings is 6. The number of methoxy groups -OCH3 is 3. The van der Waals surface area contributed by atoms with Crippen LogP contribution in [-0.2, 0) is 12.8 Å². The molecule has 526 valence electrons. The van der Waals surface area contributed by atoms with Crippen LogP contribution in [0.4, 0.5) is 37.2 Å². The van der Waals surface area contributed by atoms with Gasteiger partial charge in [0.15, 0.2) is 0 Å². The van der Waals surface area contributed by atoms with Crippen molar-refractivity contribution < 1.29 is 37.8 Å². The lowest BCUT2D eigenvalue weighted by atomic mass is 10.1. The predicted molar refractivity (Wildman–Crippen MR) is 378 cm³/mol. The SMILES string of the molecule is CCCCN(C)C.COc1cc(F)c([N+](=O)[O-])cc1Cc1nccc(-n2c(=O)[nH]c3ccccc32)n1.COc1cc(F)c([N+](=O)[O-])cc1N.COc1cc(N(C)CCN(C)C)c([N+](=O)[O-])cc1Cc1nccc(-n2c(=O)[nH]c3ccccc32)n1.O=c1[nH]c2ccccc2n1-c1ccnc(Cl)n1. The number of nitrogen functional groups attached to an aromatic ring is 1.